The number of piperidine rings is 1. The van der Waals surface area contributed by atoms with Gasteiger partial charge in [-0.05, 0) is 24.3 Å². The van der Waals surface area contributed by atoms with Crippen molar-refractivity contribution in [2.75, 3.05) is 30.8 Å². The summed E-state index contributed by atoms with van der Waals surface area (Å²) >= 11 is 7.72. The van der Waals surface area contributed by atoms with Gasteiger partial charge in [-0.3, -0.25) is 0 Å². The van der Waals surface area contributed by atoms with E-state index in [1.165, 1.54) is 0 Å². The number of carbonyl (C=O) groups is 1. The SMILES string of the molecule is O=C(Nc1ccc(Cl)cc1)N1CCC2(CC1)OCCS2. The molecule has 0 radical (unpaired) electrons. The van der Waals surface area contributed by atoms with Crippen LogP contribution in [0.2, 0.25) is 5.02 Å². The Labute approximate surface area is 127 Å². The standard InChI is InChI=1S/C14H17ClN2O2S/c15-11-1-3-12(4-2-11)16-13(18)17-7-5-14(6-8-17)19-9-10-20-14/h1-4H,5-10H2,(H,16,18). The molecule has 1 N–H and O–H groups in total. The second-order valence-electron chi connectivity index (χ2n) is 5.03. The second kappa shape index (κ2) is 5.84. The van der Waals surface area contributed by atoms with Crippen LogP contribution in [0.5, 0.6) is 0 Å². The van der Waals surface area contributed by atoms with E-state index in [4.69, 9.17) is 16.3 Å². The first-order valence-corrected chi connectivity index (χ1v) is 8.13. The summed E-state index contributed by atoms with van der Waals surface area (Å²) in [6.07, 6.45) is 1.82. The van der Waals surface area contributed by atoms with Crippen LogP contribution in [0.4, 0.5) is 10.5 Å². The molecule has 2 fully saturated rings. The highest BCUT2D eigenvalue weighted by atomic mass is 35.5. The molecule has 2 heterocycles. The van der Waals surface area contributed by atoms with Crippen molar-refractivity contribution in [2.24, 2.45) is 0 Å². The zero-order valence-corrected chi connectivity index (χ0v) is 12.7. The van der Waals surface area contributed by atoms with E-state index in [1.54, 1.807) is 12.1 Å². The first-order chi connectivity index (χ1) is 9.67. The molecule has 6 heteroatoms. The number of amides is 2. The van der Waals surface area contributed by atoms with Crippen molar-refractivity contribution in [1.29, 1.82) is 0 Å². The molecular formula is C14H17ClN2O2S. The highest BCUT2D eigenvalue weighted by molar-refractivity contribution is 8.00. The fourth-order valence-electron chi connectivity index (χ4n) is 2.57. The predicted octanol–water partition coefficient (Wildman–Crippen LogP) is 3.43. The fraction of sp³-hybridized carbons (Fsp3) is 0.500. The lowest BCUT2D eigenvalue weighted by Crippen LogP contribution is -2.46. The number of urea groups is 1. The summed E-state index contributed by atoms with van der Waals surface area (Å²) in [5.41, 5.74) is 0.770. The normalized spacial score (nSPS) is 21.1. The van der Waals surface area contributed by atoms with Crippen LogP contribution in [-0.4, -0.2) is 41.3 Å². The van der Waals surface area contributed by atoms with E-state index >= 15 is 0 Å². The number of hydrogen-bond donors (Lipinski definition) is 1. The number of rotatable bonds is 1. The van der Waals surface area contributed by atoms with Gasteiger partial charge in [0.25, 0.3) is 0 Å². The monoisotopic (exact) mass is 312 g/mol. The van der Waals surface area contributed by atoms with Gasteiger partial charge < -0.3 is 15.0 Å². The van der Waals surface area contributed by atoms with Crippen LogP contribution >= 0.6 is 23.4 Å². The largest absolute Gasteiger partial charge is 0.363 e. The summed E-state index contributed by atoms with van der Waals surface area (Å²) in [6.45, 7) is 2.32. The number of anilines is 1. The highest BCUT2D eigenvalue weighted by Gasteiger charge is 2.40. The molecule has 0 aliphatic carbocycles. The van der Waals surface area contributed by atoms with Crippen LogP contribution in [0.15, 0.2) is 24.3 Å². The van der Waals surface area contributed by atoms with Gasteiger partial charge in [-0.15, -0.1) is 11.8 Å². The Bertz CT molecular complexity index is 478. The van der Waals surface area contributed by atoms with E-state index in [0.717, 1.165) is 44.0 Å². The molecule has 2 saturated heterocycles. The van der Waals surface area contributed by atoms with Gasteiger partial charge in [-0.1, -0.05) is 11.6 Å². The Balaban J connectivity index is 1.55. The smallest absolute Gasteiger partial charge is 0.321 e. The summed E-state index contributed by atoms with van der Waals surface area (Å²) in [6, 6.07) is 7.10. The van der Waals surface area contributed by atoms with Gasteiger partial charge in [0.1, 0.15) is 4.93 Å². The Morgan fingerprint density at radius 3 is 2.60 bits per heavy atom. The summed E-state index contributed by atoms with van der Waals surface area (Å²) < 4.78 is 5.83. The van der Waals surface area contributed by atoms with Crippen LogP contribution in [0, 0.1) is 0 Å². The third-order valence-corrected chi connectivity index (χ3v) is 5.40. The number of nitrogens with one attached hydrogen (secondary N) is 1. The Morgan fingerprint density at radius 1 is 1.30 bits per heavy atom. The Kier molecular flexibility index (Phi) is 4.10. The number of thioether (sulfide) groups is 1. The molecule has 3 rings (SSSR count). The van der Waals surface area contributed by atoms with Crippen molar-refractivity contribution in [3.63, 3.8) is 0 Å². The van der Waals surface area contributed by atoms with E-state index in [9.17, 15) is 4.79 Å². The van der Waals surface area contributed by atoms with Gasteiger partial charge in [0.15, 0.2) is 0 Å². The van der Waals surface area contributed by atoms with Crippen LogP contribution < -0.4 is 5.32 Å². The average Bonchev–Trinajstić information content (AvgIpc) is 2.90. The molecule has 0 unspecified atom stereocenters. The molecule has 108 valence electrons. The Morgan fingerprint density at radius 2 is 2.00 bits per heavy atom. The number of carbonyl (C=O) groups excluding carboxylic acids is 1. The number of nitrogens with zero attached hydrogens (tertiary/aromatic N) is 1. The van der Waals surface area contributed by atoms with Gasteiger partial charge in [-0.25, -0.2) is 4.79 Å². The summed E-state index contributed by atoms with van der Waals surface area (Å²) in [4.78, 5) is 14.0. The van der Waals surface area contributed by atoms with Crippen molar-refractivity contribution < 1.29 is 9.53 Å². The van der Waals surface area contributed by atoms with Crippen molar-refractivity contribution in [3.8, 4) is 0 Å². The molecule has 1 aromatic rings. The van der Waals surface area contributed by atoms with Crippen LogP contribution in [0.1, 0.15) is 12.8 Å². The topological polar surface area (TPSA) is 41.6 Å². The molecule has 2 aliphatic rings. The van der Waals surface area contributed by atoms with E-state index < -0.39 is 0 Å². The lowest BCUT2D eigenvalue weighted by atomic mass is 10.1. The summed E-state index contributed by atoms with van der Waals surface area (Å²) in [7, 11) is 0. The van der Waals surface area contributed by atoms with Crippen LogP contribution in [-0.2, 0) is 4.74 Å². The zero-order chi connectivity index (χ0) is 14.0. The van der Waals surface area contributed by atoms with Gasteiger partial charge in [0, 0.05) is 42.4 Å². The molecule has 0 bridgehead atoms. The van der Waals surface area contributed by atoms with E-state index in [0.29, 0.717) is 5.02 Å². The summed E-state index contributed by atoms with van der Waals surface area (Å²) in [5.74, 6) is 1.07. The molecule has 0 saturated carbocycles. The second-order valence-corrected chi connectivity index (χ2v) is 6.91. The first-order valence-electron chi connectivity index (χ1n) is 6.76. The maximum absolute atomic E-state index is 12.2. The number of ether oxygens (including phenoxy) is 1. The molecule has 4 nitrogen and oxygen atoms in total. The minimum absolute atomic E-state index is 0.0307. The quantitative estimate of drug-likeness (QED) is 0.864. The molecule has 20 heavy (non-hydrogen) atoms. The highest BCUT2D eigenvalue weighted by Crippen LogP contribution is 2.41. The number of halogens is 1. The van der Waals surface area contributed by atoms with Crippen LogP contribution in [0.25, 0.3) is 0 Å². The predicted molar refractivity (Wildman–Crippen MR) is 82.4 cm³/mol. The molecule has 0 aromatic heterocycles. The van der Waals surface area contributed by atoms with Crippen molar-refractivity contribution >= 4 is 35.1 Å². The Hall–Kier alpha value is -0.910. The van der Waals surface area contributed by atoms with E-state index in [2.05, 4.69) is 5.32 Å². The van der Waals surface area contributed by atoms with Gasteiger partial charge in [-0.2, -0.15) is 0 Å². The van der Waals surface area contributed by atoms with Gasteiger partial charge >= 0.3 is 6.03 Å². The maximum Gasteiger partial charge on any atom is 0.321 e. The fourth-order valence-corrected chi connectivity index (χ4v) is 3.87. The minimum Gasteiger partial charge on any atom is -0.363 e. The van der Waals surface area contributed by atoms with Gasteiger partial charge in [0.05, 0.1) is 6.61 Å². The van der Waals surface area contributed by atoms with E-state index in [-0.39, 0.29) is 11.0 Å². The molecule has 2 amide bonds. The third kappa shape index (κ3) is 3.05. The minimum atomic E-state index is -0.0508. The third-order valence-electron chi connectivity index (χ3n) is 3.72. The summed E-state index contributed by atoms with van der Waals surface area (Å²) in [5, 5.41) is 3.56. The molecule has 1 spiro atoms. The molecular weight excluding hydrogens is 296 g/mol. The van der Waals surface area contributed by atoms with Crippen molar-refractivity contribution in [1.82, 2.24) is 4.90 Å². The number of benzene rings is 1. The maximum atomic E-state index is 12.2. The average molecular weight is 313 g/mol. The molecule has 0 atom stereocenters. The molecule has 2 aliphatic heterocycles. The number of hydrogen-bond acceptors (Lipinski definition) is 3. The van der Waals surface area contributed by atoms with E-state index in [1.807, 2.05) is 28.8 Å². The number of likely N-dealkylation sites (tertiary alicyclic amines) is 1. The van der Waals surface area contributed by atoms with Crippen molar-refractivity contribution in [2.45, 2.75) is 17.8 Å². The lowest BCUT2D eigenvalue weighted by molar-refractivity contribution is 0.0105. The van der Waals surface area contributed by atoms with Crippen molar-refractivity contribution in [3.05, 3.63) is 29.3 Å². The molecule has 1 aromatic carbocycles. The first kappa shape index (κ1) is 14.0. The zero-order valence-electron chi connectivity index (χ0n) is 11.1. The van der Waals surface area contributed by atoms with Crippen LogP contribution in [0.3, 0.4) is 0 Å². The lowest BCUT2D eigenvalue weighted by Gasteiger charge is -2.37. The van der Waals surface area contributed by atoms with Gasteiger partial charge in [0.2, 0.25) is 0 Å².